The van der Waals surface area contributed by atoms with E-state index in [9.17, 15) is 9.59 Å². The summed E-state index contributed by atoms with van der Waals surface area (Å²) in [4.78, 5) is 23.9. The van der Waals surface area contributed by atoms with Crippen LogP contribution < -0.4 is 0 Å². The highest BCUT2D eigenvalue weighted by Gasteiger charge is 2.37. The molecule has 1 saturated carbocycles. The molecule has 0 aromatic rings. The Bertz CT molecular complexity index is 313. The van der Waals surface area contributed by atoms with Crippen LogP contribution in [0.1, 0.15) is 38.5 Å². The monoisotopic (exact) mass is 255 g/mol. The number of rotatable bonds is 4. The molecular weight excluding hydrogens is 234 g/mol. The van der Waals surface area contributed by atoms with Gasteiger partial charge in [-0.15, -0.1) is 0 Å². The molecule has 5 nitrogen and oxygen atoms in total. The van der Waals surface area contributed by atoms with E-state index >= 15 is 0 Å². The minimum atomic E-state index is -1.04. The summed E-state index contributed by atoms with van der Waals surface area (Å²) in [5.74, 6) is -1.12. The van der Waals surface area contributed by atoms with Gasteiger partial charge < -0.3 is 14.7 Å². The molecule has 1 aliphatic carbocycles. The lowest BCUT2D eigenvalue weighted by Crippen LogP contribution is -2.43. The maximum absolute atomic E-state index is 11.8. The lowest BCUT2D eigenvalue weighted by atomic mass is 9.77. The molecule has 2 fully saturated rings. The van der Waals surface area contributed by atoms with Gasteiger partial charge in [0.15, 0.2) is 0 Å². The zero-order chi connectivity index (χ0) is 13.0. The molecular formula is C13H21NO4. The van der Waals surface area contributed by atoms with Crippen LogP contribution in [0.3, 0.4) is 0 Å². The van der Waals surface area contributed by atoms with Gasteiger partial charge in [-0.2, -0.15) is 0 Å². The largest absolute Gasteiger partial charge is 0.480 e. The van der Waals surface area contributed by atoms with E-state index in [4.69, 9.17) is 9.84 Å². The summed E-state index contributed by atoms with van der Waals surface area (Å²) >= 11 is 0. The molecule has 1 spiro atoms. The number of aliphatic carboxylic acids is 1. The van der Waals surface area contributed by atoms with Crippen molar-refractivity contribution in [1.29, 1.82) is 0 Å². The molecule has 2 aliphatic rings. The fourth-order valence-corrected chi connectivity index (χ4v) is 3.17. The van der Waals surface area contributed by atoms with Gasteiger partial charge in [0.2, 0.25) is 5.91 Å². The molecule has 1 heterocycles. The van der Waals surface area contributed by atoms with Crippen LogP contribution in [0.2, 0.25) is 0 Å². The minimum absolute atomic E-state index is 0.0795. The van der Waals surface area contributed by atoms with E-state index in [0.717, 1.165) is 25.9 Å². The molecule has 5 heteroatoms. The Balaban J connectivity index is 1.72. The number of amides is 1. The Labute approximate surface area is 107 Å². The topological polar surface area (TPSA) is 66.8 Å². The smallest absolute Gasteiger partial charge is 0.329 e. The van der Waals surface area contributed by atoms with Crippen molar-refractivity contribution in [2.24, 2.45) is 5.41 Å². The number of piperidine rings is 1. The van der Waals surface area contributed by atoms with Gasteiger partial charge in [0.1, 0.15) is 13.2 Å². The zero-order valence-corrected chi connectivity index (χ0v) is 10.7. The highest BCUT2D eigenvalue weighted by atomic mass is 16.5. The van der Waals surface area contributed by atoms with Crippen LogP contribution in [0.15, 0.2) is 0 Å². The summed E-state index contributed by atoms with van der Waals surface area (Å²) in [7, 11) is 0. The summed E-state index contributed by atoms with van der Waals surface area (Å²) < 4.78 is 4.84. The first-order chi connectivity index (χ1) is 8.61. The van der Waals surface area contributed by atoms with Crippen LogP contribution in [0, 0.1) is 5.41 Å². The zero-order valence-electron chi connectivity index (χ0n) is 10.7. The van der Waals surface area contributed by atoms with Gasteiger partial charge in [-0.05, 0) is 31.1 Å². The van der Waals surface area contributed by atoms with E-state index in [1.54, 1.807) is 0 Å². The van der Waals surface area contributed by atoms with Gasteiger partial charge in [-0.3, -0.25) is 4.79 Å². The number of carboxylic acid groups (broad SMARTS) is 1. The number of ether oxygens (including phenoxy) is 1. The lowest BCUT2D eigenvalue weighted by Gasteiger charge is -2.39. The molecule has 0 radical (unpaired) electrons. The Kier molecular flexibility index (Phi) is 4.22. The number of hydrogen-bond acceptors (Lipinski definition) is 3. The highest BCUT2D eigenvalue weighted by molar-refractivity contribution is 5.78. The standard InChI is InChI=1S/C13H21NO4/c15-11(9-18-10-12(16)17)14-7-5-13(6-8-14)3-1-2-4-13/h1-10H2,(H,16,17). The van der Waals surface area contributed by atoms with Gasteiger partial charge in [0.05, 0.1) is 0 Å². The lowest BCUT2D eigenvalue weighted by molar-refractivity contribution is -0.146. The third-order valence-electron chi connectivity index (χ3n) is 4.29. The summed E-state index contributed by atoms with van der Waals surface area (Å²) in [6.07, 6.45) is 7.47. The van der Waals surface area contributed by atoms with Crippen LogP contribution in [-0.4, -0.2) is 48.2 Å². The third kappa shape index (κ3) is 3.22. The first kappa shape index (κ1) is 13.3. The maximum atomic E-state index is 11.8. The summed E-state index contributed by atoms with van der Waals surface area (Å²) in [5.41, 5.74) is 0.499. The second-order valence-corrected chi connectivity index (χ2v) is 5.47. The summed E-state index contributed by atoms with van der Waals surface area (Å²) in [6.45, 7) is 1.09. The summed E-state index contributed by atoms with van der Waals surface area (Å²) in [5, 5.41) is 8.43. The van der Waals surface area contributed by atoms with Crippen molar-refractivity contribution in [2.45, 2.75) is 38.5 Å². The molecule has 18 heavy (non-hydrogen) atoms. The molecule has 1 aliphatic heterocycles. The van der Waals surface area contributed by atoms with Gasteiger partial charge in [0, 0.05) is 13.1 Å². The second kappa shape index (κ2) is 5.69. The van der Waals surface area contributed by atoms with E-state index < -0.39 is 12.6 Å². The average molecular weight is 255 g/mol. The number of hydrogen-bond donors (Lipinski definition) is 1. The van der Waals surface area contributed by atoms with E-state index in [2.05, 4.69) is 0 Å². The van der Waals surface area contributed by atoms with Crippen LogP contribution in [0.5, 0.6) is 0 Å². The van der Waals surface area contributed by atoms with Gasteiger partial charge in [-0.1, -0.05) is 12.8 Å². The van der Waals surface area contributed by atoms with Gasteiger partial charge in [-0.25, -0.2) is 4.79 Å². The third-order valence-corrected chi connectivity index (χ3v) is 4.29. The van der Waals surface area contributed by atoms with E-state index in [1.807, 2.05) is 4.90 Å². The van der Waals surface area contributed by atoms with Crippen molar-refractivity contribution < 1.29 is 19.4 Å². The fourth-order valence-electron chi connectivity index (χ4n) is 3.17. The minimum Gasteiger partial charge on any atom is -0.480 e. The number of carboxylic acids is 1. The quantitative estimate of drug-likeness (QED) is 0.821. The molecule has 0 aromatic carbocycles. The predicted octanol–water partition coefficient (Wildman–Crippen LogP) is 1.27. The molecule has 1 N–H and O–H groups in total. The van der Waals surface area contributed by atoms with Crippen molar-refractivity contribution in [3.63, 3.8) is 0 Å². The van der Waals surface area contributed by atoms with Crippen molar-refractivity contribution in [3.8, 4) is 0 Å². The average Bonchev–Trinajstić information content (AvgIpc) is 2.78. The Morgan fingerprint density at radius 1 is 1.06 bits per heavy atom. The number of carbonyl (C=O) groups excluding carboxylic acids is 1. The first-order valence-electron chi connectivity index (χ1n) is 6.69. The van der Waals surface area contributed by atoms with Crippen LogP contribution in [0.4, 0.5) is 0 Å². The molecule has 1 saturated heterocycles. The van der Waals surface area contributed by atoms with E-state index in [0.29, 0.717) is 5.41 Å². The Morgan fingerprint density at radius 3 is 2.22 bits per heavy atom. The molecule has 102 valence electrons. The van der Waals surface area contributed by atoms with Crippen molar-refractivity contribution in [2.75, 3.05) is 26.3 Å². The first-order valence-corrected chi connectivity index (χ1v) is 6.69. The van der Waals surface area contributed by atoms with E-state index in [1.165, 1.54) is 25.7 Å². The second-order valence-electron chi connectivity index (χ2n) is 5.47. The Morgan fingerprint density at radius 2 is 1.67 bits per heavy atom. The van der Waals surface area contributed by atoms with Crippen LogP contribution in [0.25, 0.3) is 0 Å². The molecule has 2 rings (SSSR count). The van der Waals surface area contributed by atoms with E-state index in [-0.39, 0.29) is 12.5 Å². The molecule has 1 amide bonds. The highest BCUT2D eigenvalue weighted by Crippen LogP contribution is 2.46. The summed E-state index contributed by atoms with van der Waals surface area (Å²) in [6, 6.07) is 0. The van der Waals surface area contributed by atoms with Crippen molar-refractivity contribution >= 4 is 11.9 Å². The molecule has 0 atom stereocenters. The molecule has 0 bridgehead atoms. The number of nitrogens with zero attached hydrogens (tertiary/aromatic N) is 1. The fraction of sp³-hybridized carbons (Fsp3) is 0.846. The van der Waals surface area contributed by atoms with Crippen LogP contribution in [-0.2, 0) is 14.3 Å². The Hall–Kier alpha value is -1.10. The number of likely N-dealkylation sites (tertiary alicyclic amines) is 1. The normalized spacial score (nSPS) is 22.3. The molecule has 0 aromatic heterocycles. The molecule has 0 unspecified atom stereocenters. The maximum Gasteiger partial charge on any atom is 0.329 e. The van der Waals surface area contributed by atoms with Crippen LogP contribution >= 0.6 is 0 Å². The SMILES string of the molecule is O=C(O)COCC(=O)N1CCC2(CCCC2)CC1. The van der Waals surface area contributed by atoms with Crippen molar-refractivity contribution in [1.82, 2.24) is 4.90 Å². The van der Waals surface area contributed by atoms with Gasteiger partial charge >= 0.3 is 5.97 Å². The van der Waals surface area contributed by atoms with Gasteiger partial charge in [0.25, 0.3) is 0 Å². The predicted molar refractivity (Wildman–Crippen MR) is 65.2 cm³/mol. The number of carbonyl (C=O) groups is 2. The van der Waals surface area contributed by atoms with Crippen molar-refractivity contribution in [3.05, 3.63) is 0 Å².